The SMILES string of the molecule is COC(=O)C#Cc1cc(C)cc(F)c1. The van der Waals surface area contributed by atoms with Crippen LogP contribution in [0.2, 0.25) is 0 Å². The number of benzene rings is 1. The minimum Gasteiger partial charge on any atom is -0.459 e. The number of halogens is 1. The molecule has 0 saturated heterocycles. The number of methoxy groups -OCH3 is 1. The van der Waals surface area contributed by atoms with Crippen molar-refractivity contribution in [3.8, 4) is 11.8 Å². The van der Waals surface area contributed by atoms with E-state index in [2.05, 4.69) is 16.6 Å². The van der Waals surface area contributed by atoms with Gasteiger partial charge in [0.15, 0.2) is 0 Å². The van der Waals surface area contributed by atoms with Crippen LogP contribution in [0.3, 0.4) is 0 Å². The first-order valence-electron chi connectivity index (χ1n) is 3.99. The third kappa shape index (κ3) is 2.91. The lowest BCUT2D eigenvalue weighted by molar-refractivity contribution is -0.133. The summed E-state index contributed by atoms with van der Waals surface area (Å²) >= 11 is 0. The molecule has 1 rings (SSSR count). The molecule has 0 bridgehead atoms. The third-order valence-corrected chi connectivity index (χ3v) is 1.54. The molecule has 0 aliphatic heterocycles. The van der Waals surface area contributed by atoms with Crippen LogP contribution in [0.1, 0.15) is 11.1 Å². The molecule has 2 nitrogen and oxygen atoms in total. The van der Waals surface area contributed by atoms with Gasteiger partial charge in [0.05, 0.1) is 7.11 Å². The molecule has 0 amide bonds. The van der Waals surface area contributed by atoms with Gasteiger partial charge in [0.2, 0.25) is 0 Å². The predicted molar refractivity (Wildman–Crippen MR) is 50.0 cm³/mol. The van der Waals surface area contributed by atoms with Gasteiger partial charge in [-0.05, 0) is 30.7 Å². The Kier molecular flexibility index (Phi) is 3.24. The van der Waals surface area contributed by atoms with Crippen LogP contribution in [0.5, 0.6) is 0 Å². The second-order valence-electron chi connectivity index (χ2n) is 2.76. The third-order valence-electron chi connectivity index (χ3n) is 1.54. The van der Waals surface area contributed by atoms with E-state index in [4.69, 9.17) is 0 Å². The summed E-state index contributed by atoms with van der Waals surface area (Å²) in [5.74, 6) is 3.74. The number of carbonyl (C=O) groups excluding carboxylic acids is 1. The molecule has 0 atom stereocenters. The zero-order valence-electron chi connectivity index (χ0n) is 7.93. The van der Waals surface area contributed by atoms with E-state index in [1.54, 1.807) is 13.0 Å². The van der Waals surface area contributed by atoms with Crippen molar-refractivity contribution in [2.45, 2.75) is 6.92 Å². The van der Waals surface area contributed by atoms with Crippen LogP contribution in [0.4, 0.5) is 4.39 Å². The average molecular weight is 192 g/mol. The number of carbonyl (C=O) groups is 1. The van der Waals surface area contributed by atoms with Crippen LogP contribution in [-0.2, 0) is 9.53 Å². The van der Waals surface area contributed by atoms with Gasteiger partial charge in [-0.25, -0.2) is 9.18 Å². The van der Waals surface area contributed by atoms with Gasteiger partial charge >= 0.3 is 5.97 Å². The molecule has 0 N–H and O–H groups in total. The molecule has 3 heteroatoms. The van der Waals surface area contributed by atoms with Gasteiger partial charge in [-0.1, -0.05) is 5.92 Å². The van der Waals surface area contributed by atoms with Crippen molar-refractivity contribution >= 4 is 5.97 Å². The first-order chi connectivity index (χ1) is 6.61. The van der Waals surface area contributed by atoms with Gasteiger partial charge in [-0.2, -0.15) is 0 Å². The number of hydrogen-bond donors (Lipinski definition) is 0. The minimum atomic E-state index is -0.632. The molecule has 0 fully saturated rings. The van der Waals surface area contributed by atoms with E-state index in [9.17, 15) is 9.18 Å². The Labute approximate surface area is 81.7 Å². The van der Waals surface area contributed by atoms with Gasteiger partial charge in [0, 0.05) is 11.5 Å². The molecule has 0 spiro atoms. The normalized spacial score (nSPS) is 8.79. The molecule has 0 saturated carbocycles. The Balaban J connectivity index is 2.95. The lowest BCUT2D eigenvalue weighted by atomic mass is 10.1. The van der Waals surface area contributed by atoms with Gasteiger partial charge in [-0.3, -0.25) is 0 Å². The number of aryl methyl sites for hydroxylation is 1. The van der Waals surface area contributed by atoms with Crippen molar-refractivity contribution in [1.82, 2.24) is 0 Å². The predicted octanol–water partition coefficient (Wildman–Crippen LogP) is 1.66. The first-order valence-corrected chi connectivity index (χ1v) is 3.99. The van der Waals surface area contributed by atoms with Gasteiger partial charge in [0.25, 0.3) is 0 Å². The van der Waals surface area contributed by atoms with Crippen LogP contribution < -0.4 is 0 Å². The Morgan fingerprint density at radius 1 is 1.43 bits per heavy atom. The van der Waals surface area contributed by atoms with E-state index in [-0.39, 0.29) is 5.82 Å². The van der Waals surface area contributed by atoms with E-state index in [1.807, 2.05) is 0 Å². The van der Waals surface area contributed by atoms with Crippen molar-refractivity contribution < 1.29 is 13.9 Å². The molecule has 72 valence electrons. The summed E-state index contributed by atoms with van der Waals surface area (Å²) in [6.07, 6.45) is 0. The molecule has 0 aromatic heterocycles. The van der Waals surface area contributed by atoms with E-state index in [1.165, 1.54) is 19.2 Å². The standard InChI is InChI=1S/C11H9FO2/c1-8-5-9(7-10(12)6-8)3-4-11(13)14-2/h5-7H,1-2H3. The summed E-state index contributed by atoms with van der Waals surface area (Å²) in [6.45, 7) is 1.76. The van der Waals surface area contributed by atoms with E-state index >= 15 is 0 Å². The lowest BCUT2D eigenvalue weighted by Gasteiger charge is -1.94. The molecule has 14 heavy (non-hydrogen) atoms. The number of rotatable bonds is 0. The summed E-state index contributed by atoms with van der Waals surface area (Å²) in [5.41, 5.74) is 1.23. The maximum absolute atomic E-state index is 12.9. The molecule has 1 aromatic carbocycles. The summed E-state index contributed by atoms with van der Waals surface area (Å²) in [5, 5.41) is 0. The summed E-state index contributed by atoms with van der Waals surface area (Å²) in [7, 11) is 1.24. The molecule has 0 aliphatic rings. The van der Waals surface area contributed by atoms with Crippen LogP contribution >= 0.6 is 0 Å². The van der Waals surface area contributed by atoms with E-state index in [0.29, 0.717) is 5.56 Å². The molecule has 0 heterocycles. The second kappa shape index (κ2) is 4.43. The first kappa shape index (κ1) is 10.3. The molecule has 0 aliphatic carbocycles. The number of hydrogen-bond acceptors (Lipinski definition) is 2. The molecule has 0 unspecified atom stereocenters. The molecule has 0 radical (unpaired) electrons. The Bertz CT molecular complexity index is 393. The lowest BCUT2D eigenvalue weighted by Crippen LogP contribution is -1.94. The minimum absolute atomic E-state index is 0.362. The van der Waals surface area contributed by atoms with Crippen LogP contribution in [0.25, 0.3) is 0 Å². The van der Waals surface area contributed by atoms with Crippen molar-refractivity contribution in [3.05, 3.63) is 35.1 Å². The van der Waals surface area contributed by atoms with Crippen molar-refractivity contribution in [2.75, 3.05) is 7.11 Å². The maximum atomic E-state index is 12.9. The average Bonchev–Trinajstić information content (AvgIpc) is 2.12. The fourth-order valence-corrected chi connectivity index (χ4v) is 0.983. The molecular formula is C11H9FO2. The highest BCUT2D eigenvalue weighted by Crippen LogP contribution is 2.06. The number of ether oxygens (including phenoxy) is 1. The highest BCUT2D eigenvalue weighted by Gasteiger charge is 1.95. The van der Waals surface area contributed by atoms with Gasteiger partial charge in [0.1, 0.15) is 5.82 Å². The second-order valence-corrected chi connectivity index (χ2v) is 2.76. The molecule has 1 aromatic rings. The summed E-state index contributed by atoms with van der Waals surface area (Å²) < 4.78 is 17.2. The fourth-order valence-electron chi connectivity index (χ4n) is 0.983. The summed E-state index contributed by atoms with van der Waals surface area (Å²) in [6, 6.07) is 4.35. The number of esters is 1. The van der Waals surface area contributed by atoms with E-state index in [0.717, 1.165) is 5.56 Å². The van der Waals surface area contributed by atoms with Gasteiger partial charge in [-0.15, -0.1) is 0 Å². The van der Waals surface area contributed by atoms with Crippen LogP contribution in [-0.4, -0.2) is 13.1 Å². The molecular weight excluding hydrogens is 183 g/mol. The summed E-state index contributed by atoms with van der Waals surface area (Å²) in [4.78, 5) is 10.7. The smallest absolute Gasteiger partial charge is 0.384 e. The Morgan fingerprint density at radius 3 is 2.71 bits per heavy atom. The Hall–Kier alpha value is -1.82. The monoisotopic (exact) mass is 192 g/mol. The highest BCUT2D eigenvalue weighted by atomic mass is 19.1. The van der Waals surface area contributed by atoms with Crippen molar-refractivity contribution in [2.24, 2.45) is 0 Å². The topological polar surface area (TPSA) is 26.3 Å². The quantitative estimate of drug-likeness (QED) is 0.461. The largest absolute Gasteiger partial charge is 0.459 e. The van der Waals surface area contributed by atoms with E-state index < -0.39 is 5.97 Å². The Morgan fingerprint density at radius 2 is 2.14 bits per heavy atom. The maximum Gasteiger partial charge on any atom is 0.384 e. The fraction of sp³-hybridized carbons (Fsp3) is 0.182. The van der Waals surface area contributed by atoms with Crippen molar-refractivity contribution in [3.63, 3.8) is 0 Å². The van der Waals surface area contributed by atoms with Crippen molar-refractivity contribution in [1.29, 1.82) is 0 Å². The zero-order valence-corrected chi connectivity index (χ0v) is 7.93. The van der Waals surface area contributed by atoms with Crippen LogP contribution in [0, 0.1) is 24.6 Å². The van der Waals surface area contributed by atoms with Crippen LogP contribution in [0.15, 0.2) is 18.2 Å². The highest BCUT2D eigenvalue weighted by molar-refractivity contribution is 5.88. The van der Waals surface area contributed by atoms with Gasteiger partial charge < -0.3 is 4.74 Å². The zero-order chi connectivity index (χ0) is 10.6.